The molecule has 0 saturated heterocycles. The quantitative estimate of drug-likeness (QED) is 0.426. The first-order valence-corrected chi connectivity index (χ1v) is 9.79. The molecule has 0 aliphatic heterocycles. The molecule has 0 unspecified atom stereocenters. The van der Waals surface area contributed by atoms with Crippen LogP contribution in [-0.2, 0) is 10.0 Å². The third-order valence-electron chi connectivity index (χ3n) is 3.04. The summed E-state index contributed by atoms with van der Waals surface area (Å²) in [5, 5.41) is 5.49. The van der Waals surface area contributed by atoms with Crippen molar-refractivity contribution in [2.75, 3.05) is 6.61 Å². The number of thiophene rings is 1. The molecular weight excluding hydrogens is 332 g/mol. The van der Waals surface area contributed by atoms with Crippen molar-refractivity contribution >= 4 is 27.6 Å². The second-order valence-corrected chi connectivity index (χ2v) is 7.74. The first-order chi connectivity index (χ1) is 11.1. The van der Waals surface area contributed by atoms with E-state index in [1.807, 2.05) is 24.3 Å². The highest BCUT2D eigenvalue weighted by Crippen LogP contribution is 2.15. The highest BCUT2D eigenvalue weighted by molar-refractivity contribution is 7.91. The summed E-state index contributed by atoms with van der Waals surface area (Å²) in [6, 6.07) is 10.6. The van der Waals surface area contributed by atoms with Gasteiger partial charge in [0.1, 0.15) is 9.96 Å². The molecule has 1 N–H and O–H groups in total. The van der Waals surface area contributed by atoms with Gasteiger partial charge in [-0.2, -0.15) is 18.4 Å². The second kappa shape index (κ2) is 8.69. The normalized spacial score (nSPS) is 11.7. The topological polar surface area (TPSA) is 67.8 Å². The van der Waals surface area contributed by atoms with E-state index in [0.717, 1.165) is 35.5 Å². The zero-order valence-corrected chi connectivity index (χ0v) is 14.6. The Labute approximate surface area is 141 Å². The van der Waals surface area contributed by atoms with Crippen LogP contribution in [0, 0.1) is 0 Å². The Morgan fingerprint density at radius 1 is 1.22 bits per heavy atom. The summed E-state index contributed by atoms with van der Waals surface area (Å²) in [6.07, 6.45) is 4.84. The lowest BCUT2D eigenvalue weighted by Crippen LogP contribution is -2.17. The number of benzene rings is 1. The van der Waals surface area contributed by atoms with Gasteiger partial charge in [0, 0.05) is 0 Å². The van der Waals surface area contributed by atoms with E-state index in [9.17, 15) is 8.42 Å². The van der Waals surface area contributed by atoms with Crippen molar-refractivity contribution in [3.63, 3.8) is 0 Å². The molecule has 0 aliphatic carbocycles. The molecule has 0 fully saturated rings. The molecule has 1 aromatic heterocycles. The lowest BCUT2D eigenvalue weighted by atomic mass is 10.2. The van der Waals surface area contributed by atoms with Gasteiger partial charge >= 0.3 is 0 Å². The molecule has 0 saturated carbocycles. The van der Waals surface area contributed by atoms with Gasteiger partial charge in [-0.3, -0.25) is 0 Å². The number of rotatable bonds is 9. The Morgan fingerprint density at radius 3 is 2.65 bits per heavy atom. The Balaban J connectivity index is 1.86. The first kappa shape index (κ1) is 17.5. The summed E-state index contributed by atoms with van der Waals surface area (Å²) in [6.45, 7) is 2.86. The lowest BCUT2D eigenvalue weighted by molar-refractivity contribution is 0.306. The number of unbranched alkanes of at least 4 members (excludes halogenated alkanes) is 2. The first-order valence-electron chi connectivity index (χ1n) is 7.43. The van der Waals surface area contributed by atoms with E-state index in [1.165, 1.54) is 18.7 Å². The standard InChI is InChI=1S/C16H20N2O3S2/c1-2-3-4-11-21-15-9-7-14(8-10-15)13-17-18-23(19,20)16-6-5-12-22-16/h5-10,12-13,18H,2-4,11H2,1H3/b17-13+. The molecule has 0 aliphatic rings. The van der Waals surface area contributed by atoms with E-state index in [4.69, 9.17) is 4.74 Å². The fourth-order valence-electron chi connectivity index (χ4n) is 1.82. The molecule has 23 heavy (non-hydrogen) atoms. The average Bonchev–Trinajstić information content (AvgIpc) is 3.08. The van der Waals surface area contributed by atoms with Crippen molar-refractivity contribution in [1.29, 1.82) is 0 Å². The van der Waals surface area contributed by atoms with Crippen molar-refractivity contribution in [3.8, 4) is 5.75 Å². The maximum Gasteiger partial charge on any atom is 0.286 e. The number of hydrogen-bond acceptors (Lipinski definition) is 5. The molecule has 7 heteroatoms. The molecular formula is C16H20N2O3S2. The number of nitrogens with one attached hydrogen (secondary N) is 1. The van der Waals surface area contributed by atoms with Crippen LogP contribution in [-0.4, -0.2) is 21.2 Å². The molecule has 0 amide bonds. The maximum atomic E-state index is 11.9. The van der Waals surface area contributed by atoms with Crippen LogP contribution in [0.4, 0.5) is 0 Å². The predicted octanol–water partition coefficient (Wildman–Crippen LogP) is 3.63. The van der Waals surface area contributed by atoms with E-state index >= 15 is 0 Å². The van der Waals surface area contributed by atoms with Crippen LogP contribution in [0.25, 0.3) is 0 Å². The van der Waals surface area contributed by atoms with E-state index in [-0.39, 0.29) is 4.21 Å². The van der Waals surface area contributed by atoms with Crippen molar-refractivity contribution < 1.29 is 13.2 Å². The zero-order chi connectivity index (χ0) is 16.5. The Morgan fingerprint density at radius 2 is 2.00 bits per heavy atom. The fraction of sp³-hybridized carbons (Fsp3) is 0.312. The van der Waals surface area contributed by atoms with Crippen molar-refractivity contribution in [1.82, 2.24) is 4.83 Å². The molecule has 0 atom stereocenters. The van der Waals surface area contributed by atoms with Crippen molar-refractivity contribution in [2.45, 2.75) is 30.4 Å². The molecule has 0 spiro atoms. The number of sulfonamides is 1. The number of nitrogens with zero attached hydrogens (tertiary/aromatic N) is 1. The monoisotopic (exact) mass is 352 g/mol. The van der Waals surface area contributed by atoms with Crippen LogP contribution in [0.3, 0.4) is 0 Å². The largest absolute Gasteiger partial charge is 0.494 e. The Kier molecular flexibility index (Phi) is 6.61. The van der Waals surface area contributed by atoms with Crippen LogP contribution < -0.4 is 9.57 Å². The van der Waals surface area contributed by atoms with E-state index < -0.39 is 10.0 Å². The molecule has 0 radical (unpaired) electrons. The minimum atomic E-state index is -3.57. The highest BCUT2D eigenvalue weighted by Gasteiger charge is 2.12. The second-order valence-electron chi connectivity index (χ2n) is 4.91. The van der Waals surface area contributed by atoms with Gasteiger partial charge in [0.05, 0.1) is 12.8 Å². The fourth-order valence-corrected chi connectivity index (χ4v) is 3.60. The van der Waals surface area contributed by atoms with Crippen LogP contribution in [0.5, 0.6) is 5.75 Å². The van der Waals surface area contributed by atoms with E-state index in [2.05, 4.69) is 16.9 Å². The summed E-state index contributed by atoms with van der Waals surface area (Å²) >= 11 is 1.15. The van der Waals surface area contributed by atoms with E-state index in [1.54, 1.807) is 11.4 Å². The van der Waals surface area contributed by atoms with Gasteiger partial charge in [0.25, 0.3) is 10.0 Å². The minimum absolute atomic E-state index is 0.241. The molecule has 2 rings (SSSR count). The third kappa shape index (κ3) is 5.69. The van der Waals surface area contributed by atoms with Gasteiger partial charge in [-0.05, 0) is 47.7 Å². The van der Waals surface area contributed by atoms with Crippen LogP contribution in [0.1, 0.15) is 31.7 Å². The number of hydrogen-bond donors (Lipinski definition) is 1. The maximum absolute atomic E-state index is 11.9. The lowest BCUT2D eigenvalue weighted by Gasteiger charge is -2.05. The van der Waals surface area contributed by atoms with Gasteiger partial charge in [-0.15, -0.1) is 11.3 Å². The van der Waals surface area contributed by atoms with Gasteiger partial charge < -0.3 is 4.74 Å². The van der Waals surface area contributed by atoms with Gasteiger partial charge in [0.2, 0.25) is 0 Å². The Hall–Kier alpha value is -1.86. The van der Waals surface area contributed by atoms with Crippen LogP contribution >= 0.6 is 11.3 Å². The molecule has 0 bridgehead atoms. The summed E-state index contributed by atoms with van der Waals surface area (Å²) in [5.74, 6) is 0.803. The summed E-state index contributed by atoms with van der Waals surface area (Å²) < 4.78 is 29.6. The number of hydrazone groups is 1. The van der Waals surface area contributed by atoms with Crippen molar-refractivity contribution in [2.24, 2.45) is 5.10 Å². The molecule has 1 aromatic carbocycles. The zero-order valence-electron chi connectivity index (χ0n) is 12.9. The SMILES string of the molecule is CCCCCOc1ccc(/C=N/NS(=O)(=O)c2cccs2)cc1. The van der Waals surface area contributed by atoms with Gasteiger partial charge in [-0.1, -0.05) is 25.8 Å². The molecule has 124 valence electrons. The summed E-state index contributed by atoms with van der Waals surface area (Å²) in [5.41, 5.74) is 0.791. The highest BCUT2D eigenvalue weighted by atomic mass is 32.2. The molecule has 1 heterocycles. The Bertz CT molecular complexity index is 708. The summed E-state index contributed by atoms with van der Waals surface area (Å²) in [7, 11) is -3.57. The summed E-state index contributed by atoms with van der Waals surface area (Å²) in [4.78, 5) is 2.19. The predicted molar refractivity (Wildman–Crippen MR) is 93.7 cm³/mol. The van der Waals surface area contributed by atoms with Gasteiger partial charge in [-0.25, -0.2) is 0 Å². The smallest absolute Gasteiger partial charge is 0.286 e. The third-order valence-corrected chi connectivity index (χ3v) is 5.66. The van der Waals surface area contributed by atoms with Crippen LogP contribution in [0.2, 0.25) is 0 Å². The minimum Gasteiger partial charge on any atom is -0.494 e. The number of ether oxygens (including phenoxy) is 1. The molecule has 5 nitrogen and oxygen atoms in total. The van der Waals surface area contributed by atoms with Crippen LogP contribution in [0.15, 0.2) is 51.1 Å². The van der Waals surface area contributed by atoms with E-state index in [0.29, 0.717) is 6.61 Å². The van der Waals surface area contributed by atoms with Crippen molar-refractivity contribution in [3.05, 3.63) is 47.3 Å². The van der Waals surface area contributed by atoms with Gasteiger partial charge in [0.15, 0.2) is 0 Å². The molecule has 2 aromatic rings. The average molecular weight is 352 g/mol.